The number of nitrogens with zero attached hydrogens (tertiary/aromatic N) is 3. The maximum absolute atomic E-state index is 5.54. The van der Waals surface area contributed by atoms with Gasteiger partial charge in [-0.25, -0.2) is 9.97 Å². The molecule has 3 aromatic heterocycles. The van der Waals surface area contributed by atoms with Gasteiger partial charge in [-0.1, -0.05) is 18.2 Å². The number of hydrogen-bond donors (Lipinski definition) is 1. The monoisotopic (exact) mass is 452 g/mol. The summed E-state index contributed by atoms with van der Waals surface area (Å²) < 4.78 is 14.0. The fourth-order valence-corrected chi connectivity index (χ4v) is 5.16. The van der Waals surface area contributed by atoms with Crippen molar-refractivity contribution in [2.45, 2.75) is 0 Å². The van der Waals surface area contributed by atoms with Crippen LogP contribution in [0.15, 0.2) is 79.4 Å². The molecular formula is C26H20N4O2S. The molecule has 0 aliphatic rings. The summed E-state index contributed by atoms with van der Waals surface area (Å²) in [4.78, 5) is 12.6. The Hall–Kier alpha value is -4.10. The van der Waals surface area contributed by atoms with Crippen molar-refractivity contribution in [3.8, 4) is 39.0 Å². The second kappa shape index (κ2) is 7.79. The second-order valence-electron chi connectivity index (χ2n) is 7.64. The van der Waals surface area contributed by atoms with Gasteiger partial charge in [-0.2, -0.15) is 0 Å². The molecule has 0 aliphatic heterocycles. The predicted octanol–water partition coefficient (Wildman–Crippen LogP) is 6.31. The first-order valence-electron chi connectivity index (χ1n) is 10.5. The van der Waals surface area contributed by atoms with E-state index in [2.05, 4.69) is 57.0 Å². The van der Waals surface area contributed by atoms with Gasteiger partial charge in [0.2, 0.25) is 0 Å². The van der Waals surface area contributed by atoms with Crippen LogP contribution >= 0.6 is 11.3 Å². The Morgan fingerprint density at radius 3 is 2.64 bits per heavy atom. The summed E-state index contributed by atoms with van der Waals surface area (Å²) >= 11 is 1.61. The molecule has 0 bridgehead atoms. The zero-order valence-electron chi connectivity index (χ0n) is 18.1. The minimum Gasteiger partial charge on any atom is -0.497 e. The number of benzene rings is 3. The molecule has 1 N–H and O–H groups in total. The SMILES string of the molecule is COc1cc(OC)c2sc(-c3ccc(-n4cncc4-c4c[nH]c5ccccc45)cc3)nc2c1. The lowest BCUT2D eigenvalue weighted by Crippen LogP contribution is -1.94. The van der Waals surface area contributed by atoms with Crippen LogP contribution in [0.1, 0.15) is 0 Å². The van der Waals surface area contributed by atoms with Crippen molar-refractivity contribution in [1.29, 1.82) is 0 Å². The number of para-hydroxylation sites is 1. The number of hydrogen-bond acceptors (Lipinski definition) is 5. The van der Waals surface area contributed by atoms with E-state index in [-0.39, 0.29) is 0 Å². The summed E-state index contributed by atoms with van der Waals surface area (Å²) in [6.45, 7) is 0. The number of aromatic nitrogens is 4. The molecule has 7 heteroatoms. The Morgan fingerprint density at radius 1 is 0.970 bits per heavy atom. The molecule has 3 aromatic carbocycles. The number of methoxy groups -OCH3 is 2. The quantitative estimate of drug-likeness (QED) is 0.333. The summed E-state index contributed by atoms with van der Waals surface area (Å²) in [5.41, 5.74) is 6.23. The van der Waals surface area contributed by atoms with Crippen LogP contribution in [0, 0.1) is 0 Å². The molecule has 0 unspecified atom stereocenters. The van der Waals surface area contributed by atoms with Crippen molar-refractivity contribution in [2.24, 2.45) is 0 Å². The van der Waals surface area contributed by atoms with E-state index >= 15 is 0 Å². The van der Waals surface area contributed by atoms with Gasteiger partial charge in [0.05, 0.1) is 42.7 Å². The van der Waals surface area contributed by atoms with Gasteiger partial charge < -0.3 is 14.5 Å². The Morgan fingerprint density at radius 2 is 1.82 bits per heavy atom. The largest absolute Gasteiger partial charge is 0.497 e. The van der Waals surface area contributed by atoms with Crippen LogP contribution in [-0.4, -0.2) is 33.7 Å². The highest BCUT2D eigenvalue weighted by molar-refractivity contribution is 7.22. The van der Waals surface area contributed by atoms with E-state index < -0.39 is 0 Å². The molecule has 0 atom stereocenters. The standard InChI is InChI=1S/C26H20N4O2S/c1-31-18-11-22-25(24(12-18)32-2)33-26(29-22)16-7-9-17(10-8-16)30-15-27-14-23(30)20-13-28-21-6-4-3-5-19(20)21/h3-15,28H,1-2H3. The van der Waals surface area contributed by atoms with Gasteiger partial charge in [0.25, 0.3) is 0 Å². The number of thiazole rings is 1. The third-order valence-corrected chi connectivity index (χ3v) is 6.92. The van der Waals surface area contributed by atoms with Crippen molar-refractivity contribution in [3.05, 3.63) is 79.4 Å². The number of fused-ring (bicyclic) bond motifs is 2. The lowest BCUT2D eigenvalue weighted by molar-refractivity contribution is 0.398. The molecule has 6 nitrogen and oxygen atoms in total. The molecule has 0 spiro atoms. The third kappa shape index (κ3) is 3.25. The smallest absolute Gasteiger partial charge is 0.142 e. The van der Waals surface area contributed by atoms with Crippen LogP contribution < -0.4 is 9.47 Å². The fourth-order valence-electron chi connectivity index (χ4n) is 4.12. The van der Waals surface area contributed by atoms with E-state index in [0.717, 1.165) is 54.7 Å². The topological polar surface area (TPSA) is 65.0 Å². The van der Waals surface area contributed by atoms with Gasteiger partial charge in [0.1, 0.15) is 16.5 Å². The molecule has 0 saturated heterocycles. The summed E-state index contributed by atoms with van der Waals surface area (Å²) in [6.07, 6.45) is 5.78. The molecule has 162 valence electrons. The maximum atomic E-state index is 5.54. The molecule has 3 heterocycles. The molecule has 0 radical (unpaired) electrons. The number of H-pyrrole nitrogens is 1. The highest BCUT2D eigenvalue weighted by atomic mass is 32.1. The van der Waals surface area contributed by atoms with Crippen molar-refractivity contribution in [3.63, 3.8) is 0 Å². The number of aromatic amines is 1. The summed E-state index contributed by atoms with van der Waals surface area (Å²) in [5.74, 6) is 1.50. The first kappa shape index (κ1) is 19.6. The van der Waals surface area contributed by atoms with Crippen molar-refractivity contribution in [2.75, 3.05) is 14.2 Å². The number of rotatable bonds is 5. The van der Waals surface area contributed by atoms with Gasteiger partial charge in [-0.05, 0) is 30.3 Å². The molecular weight excluding hydrogens is 432 g/mol. The van der Waals surface area contributed by atoms with Crippen LogP contribution in [0.2, 0.25) is 0 Å². The van der Waals surface area contributed by atoms with Gasteiger partial charge in [-0.3, -0.25) is 4.57 Å². The zero-order valence-corrected chi connectivity index (χ0v) is 18.9. The van der Waals surface area contributed by atoms with E-state index in [1.807, 2.05) is 36.9 Å². The van der Waals surface area contributed by atoms with Crippen molar-refractivity contribution < 1.29 is 9.47 Å². The minimum atomic E-state index is 0.733. The molecule has 0 amide bonds. The van der Waals surface area contributed by atoms with E-state index in [9.17, 15) is 0 Å². The van der Waals surface area contributed by atoms with E-state index in [4.69, 9.17) is 14.5 Å². The third-order valence-electron chi connectivity index (χ3n) is 5.78. The van der Waals surface area contributed by atoms with E-state index in [1.54, 1.807) is 25.6 Å². The highest BCUT2D eigenvalue weighted by Gasteiger charge is 2.14. The zero-order chi connectivity index (χ0) is 22.4. The Balaban J connectivity index is 1.38. The highest BCUT2D eigenvalue weighted by Crippen LogP contribution is 2.39. The number of nitrogens with one attached hydrogen (secondary N) is 1. The first-order valence-corrected chi connectivity index (χ1v) is 11.3. The number of ether oxygens (including phenoxy) is 2. The van der Waals surface area contributed by atoms with Crippen LogP contribution in [0.3, 0.4) is 0 Å². The van der Waals surface area contributed by atoms with Gasteiger partial charge in [0.15, 0.2) is 0 Å². The van der Waals surface area contributed by atoms with E-state index in [0.29, 0.717) is 0 Å². The van der Waals surface area contributed by atoms with Gasteiger partial charge in [-0.15, -0.1) is 11.3 Å². The normalized spacial score (nSPS) is 11.3. The maximum Gasteiger partial charge on any atom is 0.142 e. The summed E-state index contributed by atoms with van der Waals surface area (Å²) in [5, 5.41) is 2.11. The van der Waals surface area contributed by atoms with Crippen LogP contribution in [0.4, 0.5) is 0 Å². The Kier molecular flexibility index (Phi) is 4.62. The van der Waals surface area contributed by atoms with Gasteiger partial charge in [0, 0.05) is 46.0 Å². The molecule has 33 heavy (non-hydrogen) atoms. The van der Waals surface area contributed by atoms with Crippen LogP contribution in [-0.2, 0) is 0 Å². The van der Waals surface area contributed by atoms with Gasteiger partial charge >= 0.3 is 0 Å². The summed E-state index contributed by atoms with van der Waals surface area (Å²) in [7, 11) is 3.31. The fraction of sp³-hybridized carbons (Fsp3) is 0.0769. The molecule has 0 fully saturated rings. The second-order valence-corrected chi connectivity index (χ2v) is 8.64. The van der Waals surface area contributed by atoms with E-state index in [1.165, 1.54) is 5.39 Å². The molecule has 6 aromatic rings. The lowest BCUT2D eigenvalue weighted by atomic mass is 10.1. The summed E-state index contributed by atoms with van der Waals surface area (Å²) in [6, 6.07) is 20.5. The number of imidazole rings is 1. The Labute approximate surface area is 194 Å². The average Bonchev–Trinajstić information content (AvgIpc) is 3.61. The molecule has 6 rings (SSSR count). The molecule has 0 saturated carbocycles. The van der Waals surface area contributed by atoms with Crippen LogP contribution in [0.5, 0.6) is 11.5 Å². The predicted molar refractivity (Wildman–Crippen MR) is 133 cm³/mol. The van der Waals surface area contributed by atoms with Crippen molar-refractivity contribution in [1.82, 2.24) is 19.5 Å². The average molecular weight is 453 g/mol. The first-order chi connectivity index (χ1) is 16.2. The van der Waals surface area contributed by atoms with Crippen molar-refractivity contribution >= 4 is 32.5 Å². The lowest BCUT2D eigenvalue weighted by Gasteiger charge is -2.08. The Bertz CT molecular complexity index is 1590. The van der Waals surface area contributed by atoms with Crippen LogP contribution in [0.25, 0.3) is 48.6 Å². The minimum absolute atomic E-state index is 0.733. The molecule has 0 aliphatic carbocycles.